The second kappa shape index (κ2) is 7.13. The van der Waals surface area contributed by atoms with E-state index in [2.05, 4.69) is 63.8 Å². The number of hydrogen-bond donors (Lipinski definition) is 3. The van der Waals surface area contributed by atoms with Gasteiger partial charge in [0.2, 0.25) is 0 Å². The Hall–Kier alpha value is -2.56. The molecule has 0 saturated carbocycles. The first-order valence-corrected chi connectivity index (χ1v) is 8.13. The second-order valence-electron chi connectivity index (χ2n) is 5.78. The summed E-state index contributed by atoms with van der Waals surface area (Å²) < 4.78 is 0. The summed E-state index contributed by atoms with van der Waals surface area (Å²) in [6, 6.07) is 10.7. The molecule has 1 unspecified atom stereocenters. The molecule has 0 aliphatic heterocycles. The van der Waals surface area contributed by atoms with Crippen molar-refractivity contribution in [2.75, 3.05) is 17.2 Å². The molecule has 0 bridgehead atoms. The van der Waals surface area contributed by atoms with Gasteiger partial charge in [0, 0.05) is 35.8 Å². The number of nitrogens with zero attached hydrogens (tertiary/aromatic N) is 2. The number of anilines is 2. The fourth-order valence-corrected chi connectivity index (χ4v) is 2.55. The molecule has 23 heavy (non-hydrogen) atoms. The standard InChI is InChI=1S/C18H23N5/c1-3-13(2)23-18-10-17(21-12-22-18)19-9-8-14-11-20-16-7-5-4-6-15(14)16/h4-7,10-13,20H,3,8-9H2,1-2H3,(H2,19,21,22,23). The van der Waals surface area contributed by atoms with Crippen molar-refractivity contribution < 1.29 is 0 Å². The molecule has 3 rings (SSSR count). The van der Waals surface area contributed by atoms with Crippen LogP contribution in [0.15, 0.2) is 42.9 Å². The molecule has 1 atom stereocenters. The lowest BCUT2D eigenvalue weighted by atomic mass is 10.1. The Morgan fingerprint density at radius 3 is 2.87 bits per heavy atom. The zero-order chi connectivity index (χ0) is 16.1. The number of nitrogens with one attached hydrogen (secondary N) is 3. The van der Waals surface area contributed by atoms with Crippen LogP contribution in [0.1, 0.15) is 25.8 Å². The molecule has 0 aliphatic carbocycles. The van der Waals surface area contributed by atoms with Crippen LogP contribution in [-0.4, -0.2) is 27.5 Å². The van der Waals surface area contributed by atoms with Crippen molar-refractivity contribution in [3.05, 3.63) is 48.4 Å². The maximum Gasteiger partial charge on any atom is 0.131 e. The van der Waals surface area contributed by atoms with Crippen LogP contribution >= 0.6 is 0 Å². The number of fused-ring (bicyclic) bond motifs is 1. The fraction of sp³-hybridized carbons (Fsp3) is 0.333. The molecular weight excluding hydrogens is 286 g/mol. The number of aromatic nitrogens is 3. The molecule has 3 N–H and O–H groups in total. The van der Waals surface area contributed by atoms with Crippen molar-refractivity contribution >= 4 is 22.5 Å². The van der Waals surface area contributed by atoms with E-state index in [-0.39, 0.29) is 0 Å². The van der Waals surface area contributed by atoms with Gasteiger partial charge in [0.25, 0.3) is 0 Å². The van der Waals surface area contributed by atoms with Crippen LogP contribution in [0.3, 0.4) is 0 Å². The van der Waals surface area contributed by atoms with E-state index >= 15 is 0 Å². The van der Waals surface area contributed by atoms with Gasteiger partial charge < -0.3 is 15.6 Å². The summed E-state index contributed by atoms with van der Waals surface area (Å²) in [5.74, 6) is 1.72. The highest BCUT2D eigenvalue weighted by molar-refractivity contribution is 5.83. The van der Waals surface area contributed by atoms with Gasteiger partial charge in [-0.2, -0.15) is 0 Å². The van der Waals surface area contributed by atoms with E-state index < -0.39 is 0 Å². The van der Waals surface area contributed by atoms with Crippen molar-refractivity contribution in [1.29, 1.82) is 0 Å². The zero-order valence-electron chi connectivity index (χ0n) is 13.6. The average molecular weight is 309 g/mol. The molecule has 0 amide bonds. The van der Waals surface area contributed by atoms with E-state index in [9.17, 15) is 0 Å². The van der Waals surface area contributed by atoms with Crippen LogP contribution in [0.25, 0.3) is 10.9 Å². The fourth-order valence-electron chi connectivity index (χ4n) is 2.55. The Bertz CT molecular complexity index is 765. The van der Waals surface area contributed by atoms with Crippen molar-refractivity contribution in [2.24, 2.45) is 0 Å². The van der Waals surface area contributed by atoms with Crippen LogP contribution < -0.4 is 10.6 Å². The average Bonchev–Trinajstić information content (AvgIpc) is 2.98. The summed E-state index contributed by atoms with van der Waals surface area (Å²) >= 11 is 0. The SMILES string of the molecule is CCC(C)Nc1cc(NCCc2c[nH]c3ccccc23)ncn1. The first-order chi connectivity index (χ1) is 11.3. The lowest BCUT2D eigenvalue weighted by Crippen LogP contribution is -2.15. The first-order valence-electron chi connectivity index (χ1n) is 8.13. The van der Waals surface area contributed by atoms with Crippen molar-refractivity contribution in [3.63, 3.8) is 0 Å². The lowest BCUT2D eigenvalue weighted by Gasteiger charge is -2.12. The number of hydrogen-bond acceptors (Lipinski definition) is 4. The van der Waals surface area contributed by atoms with Gasteiger partial charge in [-0.1, -0.05) is 25.1 Å². The summed E-state index contributed by atoms with van der Waals surface area (Å²) in [5, 5.41) is 8.03. The van der Waals surface area contributed by atoms with Gasteiger partial charge in [0.1, 0.15) is 18.0 Å². The highest BCUT2D eigenvalue weighted by atomic mass is 15.1. The van der Waals surface area contributed by atoms with Gasteiger partial charge in [0.05, 0.1) is 0 Å². The lowest BCUT2D eigenvalue weighted by molar-refractivity contribution is 0.758. The molecule has 1 aromatic carbocycles. The number of para-hydroxylation sites is 1. The van der Waals surface area contributed by atoms with Crippen molar-refractivity contribution in [2.45, 2.75) is 32.7 Å². The minimum Gasteiger partial charge on any atom is -0.370 e. The number of aromatic amines is 1. The Labute approximate surface area is 136 Å². The molecule has 120 valence electrons. The number of benzene rings is 1. The maximum atomic E-state index is 4.28. The third-order valence-corrected chi connectivity index (χ3v) is 4.05. The minimum atomic E-state index is 0.406. The molecule has 2 heterocycles. The van der Waals surface area contributed by atoms with Crippen LogP contribution in [-0.2, 0) is 6.42 Å². The number of rotatable bonds is 7. The van der Waals surface area contributed by atoms with Crippen molar-refractivity contribution in [1.82, 2.24) is 15.0 Å². The Balaban J connectivity index is 1.59. The van der Waals surface area contributed by atoms with Crippen molar-refractivity contribution in [3.8, 4) is 0 Å². The molecule has 3 aromatic rings. The summed E-state index contributed by atoms with van der Waals surface area (Å²) in [6.07, 6.45) is 5.69. The molecule has 2 aromatic heterocycles. The zero-order valence-corrected chi connectivity index (χ0v) is 13.6. The van der Waals surface area contributed by atoms with Gasteiger partial charge in [-0.15, -0.1) is 0 Å². The predicted octanol–water partition coefficient (Wildman–Crippen LogP) is 3.82. The van der Waals surface area contributed by atoms with Gasteiger partial charge in [-0.25, -0.2) is 9.97 Å². The van der Waals surface area contributed by atoms with Gasteiger partial charge in [-0.3, -0.25) is 0 Å². The minimum absolute atomic E-state index is 0.406. The molecule has 0 radical (unpaired) electrons. The van der Waals surface area contributed by atoms with Gasteiger partial charge in [0.15, 0.2) is 0 Å². The molecule has 0 fully saturated rings. The molecule has 5 heteroatoms. The highest BCUT2D eigenvalue weighted by Crippen LogP contribution is 2.18. The van der Waals surface area contributed by atoms with Gasteiger partial charge in [-0.05, 0) is 31.4 Å². The number of H-pyrrole nitrogens is 1. The van der Waals surface area contributed by atoms with E-state index in [0.29, 0.717) is 6.04 Å². The van der Waals surface area contributed by atoms with Gasteiger partial charge >= 0.3 is 0 Å². The molecule has 0 aliphatic rings. The van der Waals surface area contributed by atoms with E-state index in [1.165, 1.54) is 16.5 Å². The van der Waals surface area contributed by atoms with E-state index in [0.717, 1.165) is 31.0 Å². The van der Waals surface area contributed by atoms with Crippen LogP contribution in [0.4, 0.5) is 11.6 Å². The van der Waals surface area contributed by atoms with Crippen LogP contribution in [0, 0.1) is 0 Å². The summed E-state index contributed by atoms with van der Waals surface area (Å²) in [7, 11) is 0. The normalized spacial score (nSPS) is 12.3. The molecule has 0 saturated heterocycles. The largest absolute Gasteiger partial charge is 0.370 e. The summed E-state index contributed by atoms with van der Waals surface area (Å²) in [5.41, 5.74) is 2.50. The monoisotopic (exact) mass is 309 g/mol. The Morgan fingerprint density at radius 1 is 1.17 bits per heavy atom. The van der Waals surface area contributed by atoms with E-state index in [1.807, 2.05) is 12.1 Å². The smallest absolute Gasteiger partial charge is 0.131 e. The van der Waals surface area contributed by atoms with Crippen LogP contribution in [0.5, 0.6) is 0 Å². The quantitative estimate of drug-likeness (QED) is 0.620. The third-order valence-electron chi connectivity index (χ3n) is 4.05. The van der Waals surface area contributed by atoms with E-state index in [4.69, 9.17) is 0 Å². The second-order valence-corrected chi connectivity index (χ2v) is 5.78. The predicted molar refractivity (Wildman–Crippen MR) is 95.9 cm³/mol. The molecular formula is C18H23N5. The van der Waals surface area contributed by atoms with E-state index in [1.54, 1.807) is 6.33 Å². The topological polar surface area (TPSA) is 65.6 Å². The molecule has 0 spiro atoms. The first kappa shape index (κ1) is 15.3. The summed E-state index contributed by atoms with van der Waals surface area (Å²) in [4.78, 5) is 11.9. The van der Waals surface area contributed by atoms with Crippen LogP contribution in [0.2, 0.25) is 0 Å². The highest BCUT2D eigenvalue weighted by Gasteiger charge is 2.04. The molecule has 5 nitrogen and oxygen atoms in total. The summed E-state index contributed by atoms with van der Waals surface area (Å²) in [6.45, 7) is 5.13. The maximum absolute atomic E-state index is 4.28. The Morgan fingerprint density at radius 2 is 2.00 bits per heavy atom. The Kier molecular flexibility index (Phi) is 4.76. The third kappa shape index (κ3) is 3.80.